The van der Waals surface area contributed by atoms with Crippen LogP contribution in [0.15, 0.2) is 42.5 Å². The number of rotatable bonds is 2. The molecule has 2 fully saturated rings. The molecule has 1 amide bonds. The second-order valence-electron chi connectivity index (χ2n) is 9.17. The summed E-state index contributed by atoms with van der Waals surface area (Å²) in [5.41, 5.74) is 1.31. The van der Waals surface area contributed by atoms with E-state index < -0.39 is 11.7 Å². The summed E-state index contributed by atoms with van der Waals surface area (Å²) in [6.45, 7) is 2.77. The molecule has 5 rings (SSSR count). The molecule has 0 aromatic heterocycles. The first-order valence-corrected chi connectivity index (χ1v) is 11.6. The van der Waals surface area contributed by atoms with Gasteiger partial charge in [-0.05, 0) is 61.6 Å². The lowest BCUT2D eigenvalue weighted by atomic mass is 9.79. The number of piperazine rings is 1. The summed E-state index contributed by atoms with van der Waals surface area (Å²) in [4.78, 5) is 19.5. The number of benzene rings is 2. The van der Waals surface area contributed by atoms with E-state index in [2.05, 4.69) is 4.90 Å². The van der Waals surface area contributed by atoms with Gasteiger partial charge in [-0.25, -0.2) is 4.39 Å². The van der Waals surface area contributed by atoms with Crippen molar-refractivity contribution in [2.24, 2.45) is 5.92 Å². The van der Waals surface area contributed by atoms with Crippen LogP contribution in [0.5, 0.6) is 0 Å². The number of nitrogens with zero attached hydrogens (tertiary/aromatic N) is 3. The Morgan fingerprint density at radius 1 is 0.909 bits per heavy atom. The number of alkyl halides is 3. The van der Waals surface area contributed by atoms with Gasteiger partial charge in [0.25, 0.3) is 0 Å². The van der Waals surface area contributed by atoms with E-state index in [1.165, 1.54) is 12.1 Å². The van der Waals surface area contributed by atoms with Crippen molar-refractivity contribution in [3.8, 4) is 0 Å². The minimum absolute atomic E-state index is 0.00291. The van der Waals surface area contributed by atoms with Gasteiger partial charge in [0, 0.05) is 44.5 Å². The molecule has 2 saturated heterocycles. The molecule has 2 aromatic rings. The number of piperidine rings is 1. The van der Waals surface area contributed by atoms with Crippen molar-refractivity contribution in [2.75, 3.05) is 42.5 Å². The largest absolute Gasteiger partial charge is 0.416 e. The van der Waals surface area contributed by atoms with Crippen LogP contribution in [-0.4, -0.2) is 49.6 Å². The van der Waals surface area contributed by atoms with Crippen molar-refractivity contribution in [3.05, 3.63) is 59.4 Å². The topological polar surface area (TPSA) is 26.8 Å². The Bertz CT molecular complexity index is 1030. The van der Waals surface area contributed by atoms with Gasteiger partial charge in [0.1, 0.15) is 5.82 Å². The molecule has 2 atom stereocenters. The van der Waals surface area contributed by atoms with Crippen molar-refractivity contribution < 1.29 is 22.4 Å². The molecule has 0 saturated carbocycles. The average Bonchev–Trinajstić information content (AvgIpc) is 2.82. The molecule has 0 radical (unpaired) electrons. The normalized spacial score (nSPS) is 23.2. The minimum atomic E-state index is -4.41. The third-order valence-corrected chi connectivity index (χ3v) is 7.27. The summed E-state index contributed by atoms with van der Waals surface area (Å²) in [6.07, 6.45) is -1.23. The van der Waals surface area contributed by atoms with E-state index in [-0.39, 0.29) is 23.7 Å². The molecule has 2 aromatic carbocycles. The molecule has 176 valence electrons. The third kappa shape index (κ3) is 4.15. The predicted molar refractivity (Wildman–Crippen MR) is 119 cm³/mol. The molecule has 0 aliphatic carbocycles. The SMILES string of the molecule is O=C(C1Cc2cc(C(F)(F)F)ccc2N2CCCCC12)N1CCN(c2ccccc2F)CC1. The Morgan fingerprint density at radius 3 is 2.39 bits per heavy atom. The van der Waals surface area contributed by atoms with Crippen molar-refractivity contribution in [1.82, 2.24) is 4.90 Å². The van der Waals surface area contributed by atoms with E-state index in [9.17, 15) is 22.4 Å². The Balaban J connectivity index is 1.35. The third-order valence-electron chi connectivity index (χ3n) is 7.27. The highest BCUT2D eigenvalue weighted by Gasteiger charge is 2.42. The summed E-state index contributed by atoms with van der Waals surface area (Å²) < 4.78 is 54.1. The Labute approximate surface area is 190 Å². The van der Waals surface area contributed by atoms with Gasteiger partial charge >= 0.3 is 6.18 Å². The van der Waals surface area contributed by atoms with E-state index in [4.69, 9.17) is 0 Å². The Kier molecular flexibility index (Phi) is 5.70. The highest BCUT2D eigenvalue weighted by atomic mass is 19.4. The molecule has 3 aliphatic heterocycles. The first-order valence-electron chi connectivity index (χ1n) is 11.6. The maximum Gasteiger partial charge on any atom is 0.416 e. The fraction of sp³-hybridized carbons (Fsp3) is 0.480. The summed E-state index contributed by atoms with van der Waals surface area (Å²) >= 11 is 0. The van der Waals surface area contributed by atoms with E-state index in [0.29, 0.717) is 43.9 Å². The van der Waals surface area contributed by atoms with Gasteiger partial charge in [0.05, 0.1) is 17.2 Å². The van der Waals surface area contributed by atoms with Gasteiger partial charge < -0.3 is 14.7 Å². The van der Waals surface area contributed by atoms with Crippen LogP contribution in [0.4, 0.5) is 28.9 Å². The highest BCUT2D eigenvalue weighted by molar-refractivity contribution is 5.82. The number of para-hydroxylation sites is 1. The van der Waals surface area contributed by atoms with Gasteiger partial charge in [-0.3, -0.25) is 4.79 Å². The number of halogens is 4. The lowest BCUT2D eigenvalue weighted by Crippen LogP contribution is -2.57. The Hall–Kier alpha value is -2.77. The monoisotopic (exact) mass is 461 g/mol. The summed E-state index contributed by atoms with van der Waals surface area (Å²) in [6, 6.07) is 10.6. The predicted octanol–water partition coefficient (Wildman–Crippen LogP) is 4.72. The minimum Gasteiger partial charge on any atom is -0.368 e. The zero-order valence-electron chi connectivity index (χ0n) is 18.3. The van der Waals surface area contributed by atoms with Crippen molar-refractivity contribution in [1.29, 1.82) is 0 Å². The zero-order valence-corrected chi connectivity index (χ0v) is 18.3. The number of carbonyl (C=O) groups is 1. The van der Waals surface area contributed by atoms with Crippen LogP contribution in [0.3, 0.4) is 0 Å². The fourth-order valence-corrected chi connectivity index (χ4v) is 5.62. The first-order chi connectivity index (χ1) is 15.8. The Morgan fingerprint density at radius 2 is 1.67 bits per heavy atom. The number of carbonyl (C=O) groups excluding carboxylic acids is 1. The molecule has 8 heteroatoms. The summed E-state index contributed by atoms with van der Waals surface area (Å²) in [7, 11) is 0. The molecule has 0 N–H and O–H groups in total. The van der Waals surface area contributed by atoms with Crippen LogP contribution in [0.1, 0.15) is 30.4 Å². The highest BCUT2D eigenvalue weighted by Crippen LogP contribution is 2.42. The van der Waals surface area contributed by atoms with Crippen LogP contribution in [0.25, 0.3) is 0 Å². The van der Waals surface area contributed by atoms with Crippen LogP contribution < -0.4 is 9.80 Å². The van der Waals surface area contributed by atoms with Crippen molar-refractivity contribution >= 4 is 17.3 Å². The van der Waals surface area contributed by atoms with E-state index >= 15 is 0 Å². The standard InChI is InChI=1S/C25H27F4N3O/c26-20-5-1-2-7-23(20)30-11-13-31(14-12-30)24(33)19-16-17-15-18(25(27,28)29)8-9-21(17)32-10-4-3-6-22(19)32/h1-2,5,7-9,15,19,22H,3-4,6,10-14,16H2. The zero-order chi connectivity index (χ0) is 23.2. The first kappa shape index (κ1) is 22.0. The molecule has 3 aliphatic rings. The lowest BCUT2D eigenvalue weighted by molar-refractivity contribution is -0.137. The molecule has 3 heterocycles. The number of hydrogen-bond donors (Lipinski definition) is 0. The van der Waals surface area contributed by atoms with Gasteiger partial charge in [-0.2, -0.15) is 13.2 Å². The van der Waals surface area contributed by atoms with Crippen LogP contribution in [-0.2, 0) is 17.4 Å². The molecular weight excluding hydrogens is 434 g/mol. The van der Waals surface area contributed by atoms with Gasteiger partial charge in [0.2, 0.25) is 5.91 Å². The molecule has 2 unspecified atom stereocenters. The smallest absolute Gasteiger partial charge is 0.368 e. The quantitative estimate of drug-likeness (QED) is 0.606. The molecule has 0 spiro atoms. The molecule has 33 heavy (non-hydrogen) atoms. The number of fused-ring (bicyclic) bond motifs is 3. The van der Waals surface area contributed by atoms with Crippen LogP contribution in [0, 0.1) is 11.7 Å². The maximum atomic E-state index is 14.2. The average molecular weight is 462 g/mol. The number of hydrogen-bond acceptors (Lipinski definition) is 3. The van der Waals surface area contributed by atoms with Gasteiger partial charge in [-0.1, -0.05) is 12.1 Å². The number of amides is 1. The van der Waals surface area contributed by atoms with E-state index in [1.807, 2.05) is 9.80 Å². The van der Waals surface area contributed by atoms with E-state index in [0.717, 1.165) is 37.6 Å². The molecule has 4 nitrogen and oxygen atoms in total. The lowest BCUT2D eigenvalue weighted by Gasteiger charge is -2.48. The van der Waals surface area contributed by atoms with Gasteiger partial charge in [0.15, 0.2) is 0 Å². The van der Waals surface area contributed by atoms with Crippen molar-refractivity contribution in [2.45, 2.75) is 37.9 Å². The van der Waals surface area contributed by atoms with Crippen molar-refractivity contribution in [3.63, 3.8) is 0 Å². The number of anilines is 2. The van der Waals surface area contributed by atoms with Gasteiger partial charge in [-0.15, -0.1) is 0 Å². The second-order valence-corrected chi connectivity index (χ2v) is 9.17. The summed E-state index contributed by atoms with van der Waals surface area (Å²) in [5, 5.41) is 0. The maximum absolute atomic E-state index is 14.2. The second kappa shape index (κ2) is 8.54. The van der Waals surface area contributed by atoms with Crippen LogP contribution >= 0.6 is 0 Å². The van der Waals surface area contributed by atoms with E-state index in [1.54, 1.807) is 24.3 Å². The van der Waals surface area contributed by atoms with Crippen LogP contribution in [0.2, 0.25) is 0 Å². The molecule has 0 bridgehead atoms. The fourth-order valence-electron chi connectivity index (χ4n) is 5.62. The summed E-state index contributed by atoms with van der Waals surface area (Å²) in [5.74, 6) is -0.635. The molecular formula is C25H27F4N3O.